The van der Waals surface area contributed by atoms with Crippen molar-refractivity contribution in [3.8, 4) is 0 Å². The zero-order valence-corrected chi connectivity index (χ0v) is 8.64. The van der Waals surface area contributed by atoms with Crippen LogP contribution in [0.4, 0.5) is 13.2 Å². The number of primary amides is 1. The largest absolute Gasteiger partial charge is 0.417 e. The Hall–Kier alpha value is -1.49. The number of hydrogen-bond donors (Lipinski definition) is 1. The van der Waals surface area contributed by atoms with Gasteiger partial charge in [-0.15, -0.1) is 0 Å². The summed E-state index contributed by atoms with van der Waals surface area (Å²) >= 11 is 5.41. The smallest absolute Gasteiger partial charge is 0.366 e. The minimum Gasteiger partial charge on any atom is -0.366 e. The molecule has 1 amide bonds. The number of halogens is 4. The summed E-state index contributed by atoms with van der Waals surface area (Å²) in [5.41, 5.74) is 4.08. The molecule has 0 atom stereocenters. The first-order valence-corrected chi connectivity index (χ1v) is 4.53. The van der Waals surface area contributed by atoms with E-state index in [2.05, 4.69) is 0 Å². The van der Waals surface area contributed by atoms with Crippen LogP contribution in [0.25, 0.3) is 6.08 Å². The molecule has 0 heterocycles. The molecule has 0 aliphatic carbocycles. The van der Waals surface area contributed by atoms with E-state index < -0.39 is 17.6 Å². The van der Waals surface area contributed by atoms with Gasteiger partial charge in [0.05, 0.1) is 10.6 Å². The predicted octanol–water partition coefficient (Wildman–Crippen LogP) is 2.86. The zero-order chi connectivity index (χ0) is 12.3. The quantitative estimate of drug-likeness (QED) is 0.805. The Balaban J connectivity index is 3.13. The molecule has 2 N–H and O–H groups in total. The lowest BCUT2D eigenvalue weighted by Crippen LogP contribution is -2.06. The van der Waals surface area contributed by atoms with Crippen molar-refractivity contribution in [3.63, 3.8) is 0 Å². The Morgan fingerprint density at radius 1 is 1.38 bits per heavy atom. The Kier molecular flexibility index (Phi) is 3.59. The van der Waals surface area contributed by atoms with Gasteiger partial charge < -0.3 is 5.73 Å². The van der Waals surface area contributed by atoms with E-state index in [1.807, 2.05) is 0 Å². The van der Waals surface area contributed by atoms with E-state index in [0.717, 1.165) is 18.2 Å². The summed E-state index contributed by atoms with van der Waals surface area (Å²) < 4.78 is 37.3. The lowest BCUT2D eigenvalue weighted by Gasteiger charge is -2.09. The van der Waals surface area contributed by atoms with E-state index in [1.54, 1.807) is 0 Å². The van der Waals surface area contributed by atoms with Crippen molar-refractivity contribution >= 4 is 23.6 Å². The number of amides is 1. The van der Waals surface area contributed by atoms with E-state index in [9.17, 15) is 18.0 Å². The van der Waals surface area contributed by atoms with E-state index in [4.69, 9.17) is 17.3 Å². The van der Waals surface area contributed by atoms with Crippen LogP contribution in [-0.4, -0.2) is 5.91 Å². The summed E-state index contributed by atoms with van der Waals surface area (Å²) in [5, 5.41) is -0.385. The highest BCUT2D eigenvalue weighted by atomic mass is 35.5. The van der Waals surface area contributed by atoms with Gasteiger partial charge in [-0.05, 0) is 23.8 Å². The summed E-state index contributed by atoms with van der Waals surface area (Å²) in [4.78, 5) is 10.4. The van der Waals surface area contributed by atoms with E-state index in [-0.39, 0.29) is 10.6 Å². The van der Waals surface area contributed by atoms with Gasteiger partial charge in [0.1, 0.15) is 0 Å². The van der Waals surface area contributed by atoms with E-state index >= 15 is 0 Å². The molecule has 0 saturated carbocycles. The number of carbonyl (C=O) groups excluding carboxylic acids is 1. The first-order valence-electron chi connectivity index (χ1n) is 4.15. The SMILES string of the molecule is NC(=O)/C=C/c1ccc(Cl)c(C(F)(F)F)c1. The number of hydrogen-bond acceptors (Lipinski definition) is 1. The first-order chi connectivity index (χ1) is 7.30. The summed E-state index contributed by atoms with van der Waals surface area (Å²) in [6.45, 7) is 0. The van der Waals surface area contributed by atoms with Crippen LogP contribution in [0.5, 0.6) is 0 Å². The lowest BCUT2D eigenvalue weighted by molar-refractivity contribution is -0.137. The van der Waals surface area contributed by atoms with Crippen LogP contribution < -0.4 is 5.73 Å². The second-order valence-corrected chi connectivity index (χ2v) is 3.38. The van der Waals surface area contributed by atoms with Gasteiger partial charge in [0.2, 0.25) is 5.91 Å². The average molecular weight is 250 g/mol. The monoisotopic (exact) mass is 249 g/mol. The second kappa shape index (κ2) is 4.57. The highest BCUT2D eigenvalue weighted by Crippen LogP contribution is 2.35. The molecule has 1 rings (SSSR count). The minimum atomic E-state index is -4.52. The Morgan fingerprint density at radius 2 is 2.00 bits per heavy atom. The lowest BCUT2D eigenvalue weighted by atomic mass is 10.1. The molecule has 1 aromatic carbocycles. The topological polar surface area (TPSA) is 43.1 Å². The van der Waals surface area contributed by atoms with Crippen LogP contribution in [0.15, 0.2) is 24.3 Å². The van der Waals surface area contributed by atoms with Crippen LogP contribution in [-0.2, 0) is 11.0 Å². The molecule has 0 aliphatic heterocycles. The van der Waals surface area contributed by atoms with Gasteiger partial charge in [-0.1, -0.05) is 17.7 Å². The summed E-state index contributed by atoms with van der Waals surface area (Å²) in [5.74, 6) is -0.733. The third kappa shape index (κ3) is 3.27. The molecule has 0 unspecified atom stereocenters. The fourth-order valence-corrected chi connectivity index (χ4v) is 1.27. The van der Waals surface area contributed by atoms with Crippen LogP contribution in [0, 0.1) is 0 Å². The third-order valence-corrected chi connectivity index (χ3v) is 2.07. The van der Waals surface area contributed by atoms with Gasteiger partial charge in [0.25, 0.3) is 0 Å². The molecule has 86 valence electrons. The second-order valence-electron chi connectivity index (χ2n) is 2.97. The molecule has 0 aromatic heterocycles. The van der Waals surface area contributed by atoms with Gasteiger partial charge in [-0.3, -0.25) is 4.79 Å². The average Bonchev–Trinajstić information content (AvgIpc) is 2.14. The van der Waals surface area contributed by atoms with Crippen molar-refractivity contribution in [1.29, 1.82) is 0 Å². The van der Waals surface area contributed by atoms with Crippen molar-refractivity contribution in [2.75, 3.05) is 0 Å². The maximum atomic E-state index is 12.4. The molecule has 0 saturated heterocycles. The summed E-state index contributed by atoms with van der Waals surface area (Å²) in [7, 11) is 0. The maximum absolute atomic E-state index is 12.4. The number of nitrogens with two attached hydrogens (primary N) is 1. The fraction of sp³-hybridized carbons (Fsp3) is 0.100. The number of benzene rings is 1. The third-order valence-electron chi connectivity index (χ3n) is 1.74. The number of rotatable bonds is 2. The molecule has 6 heteroatoms. The molecule has 16 heavy (non-hydrogen) atoms. The van der Waals surface area contributed by atoms with Gasteiger partial charge in [0, 0.05) is 6.08 Å². The number of carbonyl (C=O) groups is 1. The number of alkyl halides is 3. The Bertz CT molecular complexity index is 440. The first kappa shape index (κ1) is 12.6. The molecule has 0 radical (unpaired) electrons. The zero-order valence-electron chi connectivity index (χ0n) is 7.88. The Morgan fingerprint density at radius 3 is 2.50 bits per heavy atom. The summed E-state index contributed by atoms with van der Waals surface area (Å²) in [6, 6.07) is 3.32. The minimum absolute atomic E-state index is 0.204. The van der Waals surface area contributed by atoms with E-state index in [1.165, 1.54) is 12.1 Å². The van der Waals surface area contributed by atoms with Crippen LogP contribution >= 0.6 is 11.6 Å². The predicted molar refractivity (Wildman–Crippen MR) is 54.7 cm³/mol. The molecular formula is C10H7ClF3NO. The molecular weight excluding hydrogens is 243 g/mol. The van der Waals surface area contributed by atoms with Crippen LogP contribution in [0.1, 0.15) is 11.1 Å². The van der Waals surface area contributed by atoms with Crippen LogP contribution in [0.2, 0.25) is 5.02 Å². The molecule has 0 bridgehead atoms. The van der Waals surface area contributed by atoms with Crippen molar-refractivity contribution in [3.05, 3.63) is 40.4 Å². The standard InChI is InChI=1S/C10H7ClF3NO/c11-8-3-1-6(2-4-9(15)16)5-7(8)10(12,13)14/h1-5H,(H2,15,16)/b4-2+. The van der Waals surface area contributed by atoms with Gasteiger partial charge >= 0.3 is 6.18 Å². The molecule has 2 nitrogen and oxygen atoms in total. The van der Waals surface area contributed by atoms with Crippen molar-refractivity contribution in [2.45, 2.75) is 6.18 Å². The normalized spacial score (nSPS) is 12.0. The summed E-state index contributed by atoms with van der Waals surface area (Å²) in [6.07, 6.45) is -2.36. The van der Waals surface area contributed by atoms with Crippen molar-refractivity contribution in [2.24, 2.45) is 5.73 Å². The van der Waals surface area contributed by atoms with Crippen molar-refractivity contribution < 1.29 is 18.0 Å². The van der Waals surface area contributed by atoms with Gasteiger partial charge in [-0.25, -0.2) is 0 Å². The molecule has 0 spiro atoms. The van der Waals surface area contributed by atoms with Crippen LogP contribution in [0.3, 0.4) is 0 Å². The van der Waals surface area contributed by atoms with Gasteiger partial charge in [0.15, 0.2) is 0 Å². The van der Waals surface area contributed by atoms with Gasteiger partial charge in [-0.2, -0.15) is 13.2 Å². The maximum Gasteiger partial charge on any atom is 0.417 e. The fourth-order valence-electron chi connectivity index (χ4n) is 1.04. The molecule has 0 fully saturated rings. The molecule has 0 aliphatic rings. The van der Waals surface area contributed by atoms with Crippen molar-refractivity contribution in [1.82, 2.24) is 0 Å². The Labute approximate surface area is 94.5 Å². The molecule has 1 aromatic rings. The van der Waals surface area contributed by atoms with E-state index in [0.29, 0.717) is 0 Å². The highest BCUT2D eigenvalue weighted by molar-refractivity contribution is 6.31. The highest BCUT2D eigenvalue weighted by Gasteiger charge is 2.33.